The molecule has 1 saturated heterocycles. The van der Waals surface area contributed by atoms with Crippen LogP contribution in [0.5, 0.6) is 0 Å². The van der Waals surface area contributed by atoms with E-state index >= 15 is 0 Å². The topological polar surface area (TPSA) is 66.4 Å². The Bertz CT molecular complexity index is 562. The summed E-state index contributed by atoms with van der Waals surface area (Å²) < 4.78 is 32.7. The lowest BCUT2D eigenvalue weighted by molar-refractivity contribution is -0.920. The van der Waals surface area contributed by atoms with Gasteiger partial charge < -0.3 is 9.80 Å². The van der Waals surface area contributed by atoms with Gasteiger partial charge >= 0.3 is 10.1 Å². The van der Waals surface area contributed by atoms with E-state index in [4.69, 9.17) is 0 Å². The number of benzene rings is 1. The second kappa shape index (κ2) is 6.44. The van der Waals surface area contributed by atoms with Crippen LogP contribution >= 0.6 is 0 Å². The van der Waals surface area contributed by atoms with Crippen LogP contribution in [0.2, 0.25) is 0 Å². The minimum absolute atomic E-state index is 0.200. The third kappa shape index (κ3) is 4.51. The van der Waals surface area contributed by atoms with Crippen molar-refractivity contribution in [3.63, 3.8) is 0 Å². The molecule has 1 aromatic rings. The third-order valence-electron chi connectivity index (χ3n) is 4.56. The van der Waals surface area contributed by atoms with Crippen LogP contribution in [0.3, 0.4) is 0 Å². The Morgan fingerprint density at radius 2 is 2.05 bits per heavy atom. The number of likely N-dealkylation sites (tertiary alicyclic amines) is 1. The molecular weight excluding hydrogens is 288 g/mol. The van der Waals surface area contributed by atoms with Gasteiger partial charge in [0.15, 0.2) is 0 Å². The van der Waals surface area contributed by atoms with Crippen LogP contribution in [0, 0.1) is 5.92 Å². The summed E-state index contributed by atoms with van der Waals surface area (Å²) in [6.45, 7) is 4.33. The van der Waals surface area contributed by atoms with Crippen molar-refractivity contribution in [1.82, 2.24) is 5.32 Å². The third-order valence-corrected chi connectivity index (χ3v) is 5.43. The van der Waals surface area contributed by atoms with Gasteiger partial charge in [-0.25, -0.2) is 0 Å². The zero-order valence-electron chi connectivity index (χ0n) is 12.7. The predicted molar refractivity (Wildman–Crippen MR) is 83.2 cm³/mol. The summed E-state index contributed by atoms with van der Waals surface area (Å²) in [5.41, 5.74) is 1.11. The van der Waals surface area contributed by atoms with Gasteiger partial charge in [0.25, 0.3) is 0 Å². The fraction of sp³-hybridized carbons (Fsp3) is 0.600. The molecule has 1 aliphatic rings. The predicted octanol–water partition coefficient (Wildman–Crippen LogP) is 1.48. The summed E-state index contributed by atoms with van der Waals surface area (Å²) in [5, 5.41) is 3.25. The molecule has 0 bridgehead atoms. The summed E-state index contributed by atoms with van der Waals surface area (Å²) in [6.07, 6.45) is 0.977. The van der Waals surface area contributed by atoms with Crippen molar-refractivity contribution in [1.29, 1.82) is 0 Å². The van der Waals surface area contributed by atoms with Crippen molar-refractivity contribution in [2.45, 2.75) is 25.9 Å². The molecule has 3 unspecified atom stereocenters. The van der Waals surface area contributed by atoms with Crippen molar-refractivity contribution in [2.75, 3.05) is 26.0 Å². The van der Waals surface area contributed by atoms with Crippen LogP contribution in [0.25, 0.3) is 0 Å². The average molecular weight is 313 g/mol. The van der Waals surface area contributed by atoms with Crippen molar-refractivity contribution >= 4 is 10.1 Å². The first-order chi connectivity index (χ1) is 9.84. The number of nitrogens with one attached hydrogen (secondary N) is 1. The Morgan fingerprint density at radius 1 is 1.38 bits per heavy atom. The summed E-state index contributed by atoms with van der Waals surface area (Å²) >= 11 is 0. The van der Waals surface area contributed by atoms with Crippen molar-refractivity contribution in [2.24, 2.45) is 5.92 Å². The molecule has 2 N–H and O–H groups in total. The molecule has 21 heavy (non-hydrogen) atoms. The Kier molecular flexibility index (Phi) is 5.03. The highest BCUT2D eigenvalue weighted by Gasteiger charge is 2.42. The average Bonchev–Trinajstić information content (AvgIpc) is 2.80. The van der Waals surface area contributed by atoms with Crippen LogP contribution in [-0.2, 0) is 16.7 Å². The normalized spacial score (nSPS) is 27.7. The highest BCUT2D eigenvalue weighted by atomic mass is 32.2. The molecule has 1 fully saturated rings. The van der Waals surface area contributed by atoms with Gasteiger partial charge in [0.05, 0.1) is 13.1 Å². The summed E-state index contributed by atoms with van der Waals surface area (Å²) in [4.78, 5) is 0. The lowest BCUT2D eigenvalue weighted by Crippen LogP contribution is -2.49. The van der Waals surface area contributed by atoms with E-state index in [0.29, 0.717) is 23.0 Å². The van der Waals surface area contributed by atoms with Gasteiger partial charge in [-0.2, -0.15) is 8.42 Å². The van der Waals surface area contributed by atoms with Gasteiger partial charge in [0.2, 0.25) is 5.88 Å². The number of nitrogens with zero attached hydrogens (tertiary/aromatic N) is 1. The second-order valence-electron chi connectivity index (χ2n) is 6.23. The maximum absolute atomic E-state index is 11.5. The van der Waals surface area contributed by atoms with Crippen molar-refractivity contribution in [3.05, 3.63) is 35.9 Å². The molecule has 1 heterocycles. The van der Waals surface area contributed by atoms with E-state index in [9.17, 15) is 13.0 Å². The van der Waals surface area contributed by atoms with E-state index in [1.165, 1.54) is 0 Å². The monoisotopic (exact) mass is 313 g/mol. The Hall–Kier alpha value is -0.950. The van der Waals surface area contributed by atoms with Gasteiger partial charge in [-0.3, -0.25) is 4.55 Å². The number of quaternary nitrogens is 1. The first kappa shape index (κ1) is 16.4. The zero-order chi connectivity index (χ0) is 15.5. The molecule has 0 spiro atoms. The highest BCUT2D eigenvalue weighted by Crippen LogP contribution is 2.30. The molecule has 5 nitrogen and oxygen atoms in total. The standard InChI is InChI=1S/C15H24N2O3S/c1-13(16-2)15-8-9-17(11-15,12-21(18,19)20)10-14-6-4-3-5-7-14/h3-7,13,15-16H,8-12H2,1-2H3/p+1. The largest absolute Gasteiger partial charge is 0.317 e. The van der Waals surface area contributed by atoms with Gasteiger partial charge in [0.1, 0.15) is 6.54 Å². The number of hydrogen-bond donors (Lipinski definition) is 2. The van der Waals surface area contributed by atoms with Crippen molar-refractivity contribution in [3.8, 4) is 0 Å². The van der Waals surface area contributed by atoms with E-state index in [-0.39, 0.29) is 5.88 Å². The van der Waals surface area contributed by atoms with Gasteiger partial charge in [0, 0.05) is 23.9 Å². The molecule has 0 aliphatic carbocycles. The maximum Gasteiger partial charge on any atom is 0.316 e. The Morgan fingerprint density at radius 3 is 2.62 bits per heavy atom. The van der Waals surface area contributed by atoms with E-state index < -0.39 is 10.1 Å². The van der Waals surface area contributed by atoms with Crippen LogP contribution in [0.15, 0.2) is 30.3 Å². The molecule has 0 aromatic heterocycles. The first-order valence-electron chi connectivity index (χ1n) is 7.35. The molecule has 0 amide bonds. The van der Waals surface area contributed by atoms with Crippen molar-refractivity contribution < 1.29 is 17.5 Å². The van der Waals surface area contributed by atoms with Gasteiger partial charge in [-0.1, -0.05) is 30.3 Å². The lowest BCUT2D eigenvalue weighted by atomic mass is 10.0. The lowest BCUT2D eigenvalue weighted by Gasteiger charge is -2.34. The number of hydrogen-bond acceptors (Lipinski definition) is 3. The van der Waals surface area contributed by atoms with Crippen LogP contribution in [0.4, 0.5) is 0 Å². The van der Waals surface area contributed by atoms with Gasteiger partial charge in [-0.05, 0) is 14.0 Å². The smallest absolute Gasteiger partial charge is 0.316 e. The Balaban J connectivity index is 2.20. The Labute approximate surface area is 127 Å². The van der Waals surface area contributed by atoms with E-state index in [1.54, 1.807) is 0 Å². The summed E-state index contributed by atoms with van der Waals surface area (Å²) in [5.74, 6) is 0.231. The SMILES string of the molecule is CNC(C)C1CC[N+](Cc2ccccc2)(CS(=O)(=O)O)C1. The first-order valence-corrected chi connectivity index (χ1v) is 8.96. The maximum atomic E-state index is 11.5. The number of rotatable bonds is 6. The van der Waals surface area contributed by atoms with E-state index in [1.807, 2.05) is 37.4 Å². The quantitative estimate of drug-likeness (QED) is 0.617. The molecule has 118 valence electrons. The van der Waals surface area contributed by atoms with Crippen LogP contribution in [0.1, 0.15) is 18.9 Å². The second-order valence-corrected chi connectivity index (χ2v) is 7.65. The van der Waals surface area contributed by atoms with E-state index in [2.05, 4.69) is 12.2 Å². The molecule has 3 atom stereocenters. The zero-order valence-corrected chi connectivity index (χ0v) is 13.5. The minimum atomic E-state index is -3.99. The van der Waals surface area contributed by atoms with Crippen LogP contribution in [-0.4, -0.2) is 49.5 Å². The molecule has 0 saturated carbocycles. The molecule has 0 radical (unpaired) electrons. The summed E-state index contributed by atoms with van der Waals surface area (Å²) in [7, 11) is -2.06. The molecular formula is C15H25N2O3S+. The molecule has 6 heteroatoms. The van der Waals surface area contributed by atoms with E-state index in [0.717, 1.165) is 25.1 Å². The molecule has 2 rings (SSSR count). The molecule has 1 aromatic carbocycles. The fourth-order valence-electron chi connectivity index (χ4n) is 3.39. The minimum Gasteiger partial charge on any atom is -0.317 e. The molecule has 1 aliphatic heterocycles. The fourth-order valence-corrected chi connectivity index (χ4v) is 4.40. The summed E-state index contributed by atoms with van der Waals surface area (Å²) in [6, 6.07) is 10.2. The van der Waals surface area contributed by atoms with Crippen LogP contribution < -0.4 is 5.32 Å². The van der Waals surface area contributed by atoms with Gasteiger partial charge in [-0.15, -0.1) is 0 Å². The highest BCUT2D eigenvalue weighted by molar-refractivity contribution is 7.85.